The lowest BCUT2D eigenvalue weighted by Crippen LogP contribution is -2.01. The van der Waals surface area contributed by atoms with Gasteiger partial charge in [-0.3, -0.25) is 0 Å². The number of rotatable bonds is 4. The van der Waals surface area contributed by atoms with E-state index in [0.29, 0.717) is 17.7 Å². The molecule has 0 unspecified atom stereocenters. The Morgan fingerprint density at radius 1 is 1.10 bits per heavy atom. The molecule has 20 heavy (non-hydrogen) atoms. The lowest BCUT2D eigenvalue weighted by atomic mass is 10.1. The first-order valence-corrected chi connectivity index (χ1v) is 7.97. The van der Waals surface area contributed by atoms with Crippen molar-refractivity contribution in [2.45, 2.75) is 31.2 Å². The molecular formula is C17H16BrFO. The highest BCUT2D eigenvalue weighted by molar-refractivity contribution is 9.08. The number of hydrogen-bond acceptors (Lipinski definition) is 1. The summed E-state index contributed by atoms with van der Waals surface area (Å²) >= 11 is 3.36. The Hall–Kier alpha value is -1.35. The van der Waals surface area contributed by atoms with Gasteiger partial charge in [0.15, 0.2) is 11.6 Å². The normalized spacial score (nSPS) is 13.3. The lowest BCUT2D eigenvalue weighted by molar-refractivity contribution is 0.288. The van der Waals surface area contributed by atoms with Crippen molar-refractivity contribution in [1.29, 1.82) is 0 Å². The van der Waals surface area contributed by atoms with E-state index in [1.165, 1.54) is 30.0 Å². The minimum atomic E-state index is -0.303. The quantitative estimate of drug-likeness (QED) is 0.730. The van der Waals surface area contributed by atoms with Gasteiger partial charge in [-0.25, -0.2) is 4.39 Å². The summed E-state index contributed by atoms with van der Waals surface area (Å²) in [5.74, 6) is 0.0491. The van der Waals surface area contributed by atoms with Crippen molar-refractivity contribution < 1.29 is 9.13 Å². The second-order valence-corrected chi connectivity index (χ2v) is 5.67. The second-order valence-electron chi connectivity index (χ2n) is 5.11. The van der Waals surface area contributed by atoms with Crippen molar-refractivity contribution in [3.63, 3.8) is 0 Å². The number of halogens is 2. The highest BCUT2D eigenvalue weighted by atomic mass is 79.9. The van der Waals surface area contributed by atoms with Crippen LogP contribution in [-0.4, -0.2) is 0 Å². The standard InChI is InChI=1S/C17H16BrFO/c18-10-15-5-2-6-16(19)17(15)20-11-12-7-8-13-3-1-4-14(13)9-12/h2,5-9H,1,3-4,10-11H2. The first-order chi connectivity index (χ1) is 9.78. The van der Waals surface area contributed by atoms with Gasteiger partial charge in [0.2, 0.25) is 0 Å². The SMILES string of the molecule is Fc1cccc(CBr)c1OCc1ccc2c(c1)CCC2. The summed E-state index contributed by atoms with van der Waals surface area (Å²) in [6.07, 6.45) is 3.56. The van der Waals surface area contributed by atoms with Crippen LogP contribution in [0.5, 0.6) is 5.75 Å². The highest BCUT2D eigenvalue weighted by Crippen LogP contribution is 2.27. The van der Waals surface area contributed by atoms with Crippen LogP contribution in [0.25, 0.3) is 0 Å². The van der Waals surface area contributed by atoms with Gasteiger partial charge in [-0.15, -0.1) is 0 Å². The molecule has 2 aromatic carbocycles. The van der Waals surface area contributed by atoms with Gasteiger partial charge in [0.05, 0.1) is 0 Å². The minimum absolute atomic E-state index is 0.303. The van der Waals surface area contributed by atoms with Gasteiger partial charge < -0.3 is 4.74 Å². The van der Waals surface area contributed by atoms with E-state index in [2.05, 4.69) is 34.1 Å². The highest BCUT2D eigenvalue weighted by Gasteiger charge is 2.12. The van der Waals surface area contributed by atoms with E-state index >= 15 is 0 Å². The average molecular weight is 335 g/mol. The first kappa shape index (κ1) is 13.6. The number of alkyl halides is 1. The molecule has 0 spiro atoms. The van der Waals surface area contributed by atoms with Crippen molar-refractivity contribution in [1.82, 2.24) is 0 Å². The zero-order chi connectivity index (χ0) is 13.9. The molecule has 0 N–H and O–H groups in total. The van der Waals surface area contributed by atoms with E-state index < -0.39 is 0 Å². The number of para-hydroxylation sites is 1. The molecule has 0 radical (unpaired) electrons. The summed E-state index contributed by atoms with van der Waals surface area (Å²) in [5, 5.41) is 0.588. The van der Waals surface area contributed by atoms with Crippen LogP contribution in [0.1, 0.15) is 28.7 Å². The third-order valence-electron chi connectivity index (χ3n) is 3.74. The fourth-order valence-corrected chi connectivity index (χ4v) is 3.13. The molecule has 1 aliphatic carbocycles. The summed E-state index contributed by atoms with van der Waals surface area (Å²) in [7, 11) is 0. The molecule has 1 nitrogen and oxygen atoms in total. The fourth-order valence-electron chi connectivity index (χ4n) is 2.69. The van der Waals surface area contributed by atoms with Gasteiger partial charge in [0.25, 0.3) is 0 Å². The largest absolute Gasteiger partial charge is 0.486 e. The number of aryl methyl sites for hydroxylation is 2. The molecule has 104 valence electrons. The molecule has 0 fully saturated rings. The zero-order valence-corrected chi connectivity index (χ0v) is 12.7. The maximum atomic E-state index is 13.8. The van der Waals surface area contributed by atoms with Crippen molar-refractivity contribution >= 4 is 15.9 Å². The maximum absolute atomic E-state index is 13.8. The molecule has 0 heterocycles. The van der Waals surface area contributed by atoms with Crippen LogP contribution in [0.3, 0.4) is 0 Å². The predicted molar refractivity (Wildman–Crippen MR) is 81.8 cm³/mol. The molecular weight excluding hydrogens is 319 g/mol. The molecule has 2 aromatic rings. The molecule has 3 rings (SSSR count). The number of ether oxygens (including phenoxy) is 1. The summed E-state index contributed by atoms with van der Waals surface area (Å²) < 4.78 is 19.5. The Kier molecular flexibility index (Phi) is 4.06. The first-order valence-electron chi connectivity index (χ1n) is 6.85. The van der Waals surface area contributed by atoms with E-state index in [0.717, 1.165) is 17.5 Å². The fraction of sp³-hybridized carbons (Fsp3) is 0.294. The summed E-state index contributed by atoms with van der Waals surface area (Å²) in [6.45, 7) is 0.411. The number of hydrogen-bond donors (Lipinski definition) is 0. The molecule has 0 bridgehead atoms. The average Bonchev–Trinajstić information content (AvgIpc) is 2.93. The van der Waals surface area contributed by atoms with Gasteiger partial charge in [-0.2, -0.15) is 0 Å². The van der Waals surface area contributed by atoms with Gasteiger partial charge in [0, 0.05) is 10.9 Å². The molecule has 0 amide bonds. The van der Waals surface area contributed by atoms with Crippen LogP contribution in [0.2, 0.25) is 0 Å². The van der Waals surface area contributed by atoms with E-state index in [1.54, 1.807) is 6.07 Å². The van der Waals surface area contributed by atoms with Crippen LogP contribution in [0.4, 0.5) is 4.39 Å². The van der Waals surface area contributed by atoms with Gasteiger partial charge in [-0.05, 0) is 42.0 Å². The van der Waals surface area contributed by atoms with Crippen molar-refractivity contribution in [3.8, 4) is 5.75 Å². The Morgan fingerprint density at radius 2 is 1.95 bits per heavy atom. The smallest absolute Gasteiger partial charge is 0.165 e. The monoisotopic (exact) mass is 334 g/mol. The topological polar surface area (TPSA) is 9.23 Å². The van der Waals surface area contributed by atoms with E-state index in [1.807, 2.05) is 6.07 Å². The Balaban J connectivity index is 1.77. The van der Waals surface area contributed by atoms with Crippen LogP contribution in [0.15, 0.2) is 36.4 Å². The maximum Gasteiger partial charge on any atom is 0.165 e. The van der Waals surface area contributed by atoms with Crippen LogP contribution < -0.4 is 4.74 Å². The second kappa shape index (κ2) is 5.96. The van der Waals surface area contributed by atoms with E-state index in [9.17, 15) is 4.39 Å². The molecule has 0 aromatic heterocycles. The number of fused-ring (bicyclic) bond motifs is 1. The Morgan fingerprint density at radius 3 is 2.80 bits per heavy atom. The molecule has 0 saturated carbocycles. The van der Waals surface area contributed by atoms with Gasteiger partial charge in [-0.1, -0.05) is 46.3 Å². The molecule has 0 saturated heterocycles. The van der Waals surface area contributed by atoms with Crippen molar-refractivity contribution in [2.24, 2.45) is 0 Å². The zero-order valence-electron chi connectivity index (χ0n) is 11.2. The molecule has 0 atom stereocenters. The molecule has 3 heteroatoms. The molecule has 1 aliphatic rings. The lowest BCUT2D eigenvalue weighted by Gasteiger charge is -2.12. The number of benzene rings is 2. The van der Waals surface area contributed by atoms with Gasteiger partial charge in [0.1, 0.15) is 6.61 Å². The third-order valence-corrected chi connectivity index (χ3v) is 4.34. The van der Waals surface area contributed by atoms with Crippen molar-refractivity contribution in [3.05, 3.63) is 64.5 Å². The van der Waals surface area contributed by atoms with Crippen LogP contribution in [-0.2, 0) is 24.8 Å². The predicted octanol–water partition coefficient (Wildman–Crippen LogP) is 4.79. The Bertz CT molecular complexity index is 624. The molecule has 0 aliphatic heterocycles. The van der Waals surface area contributed by atoms with E-state index in [4.69, 9.17) is 4.74 Å². The van der Waals surface area contributed by atoms with Crippen molar-refractivity contribution in [2.75, 3.05) is 0 Å². The Labute approximate surface area is 126 Å². The summed E-state index contributed by atoms with van der Waals surface area (Å²) in [6, 6.07) is 11.5. The van der Waals surface area contributed by atoms with Crippen LogP contribution >= 0.6 is 15.9 Å². The summed E-state index contributed by atoms with van der Waals surface area (Å²) in [4.78, 5) is 0. The van der Waals surface area contributed by atoms with E-state index in [-0.39, 0.29) is 5.82 Å². The van der Waals surface area contributed by atoms with Crippen LogP contribution in [0, 0.1) is 5.82 Å². The van der Waals surface area contributed by atoms with Gasteiger partial charge >= 0.3 is 0 Å². The minimum Gasteiger partial charge on any atom is -0.486 e. The third kappa shape index (κ3) is 2.73. The summed E-state index contributed by atoms with van der Waals surface area (Å²) in [5.41, 5.74) is 4.81.